The molecule has 2 aromatic heterocycles. The number of hydrogen-bond acceptors (Lipinski definition) is 2. The molecule has 0 N–H and O–H groups in total. The lowest BCUT2D eigenvalue weighted by molar-refractivity contribution is 0.627. The zero-order valence-corrected chi connectivity index (χ0v) is 18.2. The lowest BCUT2D eigenvalue weighted by Gasteiger charge is -2.10. The molecular weight excluding hydrogens is 376 g/mol. The van der Waals surface area contributed by atoms with Gasteiger partial charge in [-0.2, -0.15) is 0 Å². The van der Waals surface area contributed by atoms with Gasteiger partial charge in [0.15, 0.2) is 0 Å². The fourth-order valence-corrected chi connectivity index (χ4v) is 4.14. The molecule has 4 rings (SSSR count). The highest BCUT2D eigenvalue weighted by Crippen LogP contribution is 2.25. The summed E-state index contributed by atoms with van der Waals surface area (Å²) in [5.41, 5.74) is 5.65. The molecule has 0 spiro atoms. The first-order valence-corrected chi connectivity index (χ1v) is 9.95. The molecule has 0 fully saturated rings. The van der Waals surface area contributed by atoms with E-state index in [0.29, 0.717) is 11.1 Å². The van der Waals surface area contributed by atoms with E-state index in [0.717, 1.165) is 33.9 Å². The fourth-order valence-electron chi connectivity index (χ4n) is 4.14. The van der Waals surface area contributed by atoms with Crippen LogP contribution in [0, 0.1) is 27.7 Å². The van der Waals surface area contributed by atoms with Crippen LogP contribution in [0.2, 0.25) is 0 Å². The number of aryl methyl sites for hydroxylation is 2. The number of hydrogen-bond donors (Lipinski definition) is 0. The van der Waals surface area contributed by atoms with E-state index >= 15 is 0 Å². The quantitative estimate of drug-likeness (QED) is 0.526. The Hall–Kier alpha value is -3.54. The second-order valence-electron chi connectivity index (χ2n) is 7.77. The Labute approximate surface area is 175 Å². The number of benzene rings is 2. The van der Waals surface area contributed by atoms with Crippen molar-refractivity contribution in [2.75, 3.05) is 0 Å². The van der Waals surface area contributed by atoms with Crippen LogP contribution in [-0.4, -0.2) is 18.7 Å². The smallest absolute Gasteiger partial charge is 0.279 e. The van der Waals surface area contributed by atoms with Crippen LogP contribution in [0.15, 0.2) is 58.1 Å². The number of aromatic nitrogens is 4. The molecule has 0 unspecified atom stereocenters. The maximum absolute atomic E-state index is 13.6. The summed E-state index contributed by atoms with van der Waals surface area (Å²) in [6.07, 6.45) is 0. The van der Waals surface area contributed by atoms with E-state index in [9.17, 15) is 9.59 Å². The van der Waals surface area contributed by atoms with Gasteiger partial charge < -0.3 is 0 Å². The van der Waals surface area contributed by atoms with E-state index in [-0.39, 0.29) is 11.1 Å². The van der Waals surface area contributed by atoms with Crippen molar-refractivity contribution in [3.63, 3.8) is 0 Å². The minimum atomic E-state index is -0.188. The molecule has 0 saturated carbocycles. The molecule has 2 aromatic carbocycles. The number of para-hydroxylation sites is 2. The molecule has 0 amide bonds. The Bertz CT molecular complexity index is 1290. The minimum absolute atomic E-state index is 0.188. The van der Waals surface area contributed by atoms with Crippen LogP contribution in [0.3, 0.4) is 0 Å². The van der Waals surface area contributed by atoms with Crippen LogP contribution >= 0.6 is 0 Å². The molecule has 0 aliphatic rings. The van der Waals surface area contributed by atoms with Gasteiger partial charge in [0.1, 0.15) is 0 Å². The Morgan fingerprint density at radius 3 is 1.23 bits per heavy atom. The molecule has 6 nitrogen and oxygen atoms in total. The van der Waals surface area contributed by atoms with Gasteiger partial charge in [-0.05, 0) is 51.0 Å². The second-order valence-corrected chi connectivity index (χ2v) is 7.77. The summed E-state index contributed by atoms with van der Waals surface area (Å²) in [7, 11) is 3.70. The van der Waals surface area contributed by atoms with E-state index in [2.05, 4.69) is 0 Å². The Kier molecular flexibility index (Phi) is 4.65. The Morgan fingerprint density at radius 1 is 0.567 bits per heavy atom. The van der Waals surface area contributed by atoms with Crippen molar-refractivity contribution < 1.29 is 0 Å². The lowest BCUT2D eigenvalue weighted by Crippen LogP contribution is -2.23. The fraction of sp³-hybridized carbons (Fsp3) is 0.250. The summed E-state index contributed by atoms with van der Waals surface area (Å²) in [5, 5.41) is 0. The van der Waals surface area contributed by atoms with E-state index in [1.54, 1.807) is 9.36 Å². The molecule has 0 atom stereocenters. The zero-order chi connectivity index (χ0) is 21.7. The van der Waals surface area contributed by atoms with Crippen molar-refractivity contribution in [3.8, 4) is 22.5 Å². The highest BCUT2D eigenvalue weighted by atomic mass is 16.1. The zero-order valence-electron chi connectivity index (χ0n) is 18.2. The van der Waals surface area contributed by atoms with Crippen LogP contribution in [0.4, 0.5) is 0 Å². The lowest BCUT2D eigenvalue weighted by atomic mass is 10.1. The maximum atomic E-state index is 13.6. The van der Waals surface area contributed by atoms with Gasteiger partial charge in [-0.3, -0.25) is 19.0 Å². The third-order valence-corrected chi connectivity index (χ3v) is 6.04. The van der Waals surface area contributed by atoms with E-state index in [1.807, 2.05) is 99.7 Å². The monoisotopic (exact) mass is 402 g/mol. The highest BCUT2D eigenvalue weighted by molar-refractivity contribution is 5.68. The molecule has 0 radical (unpaired) electrons. The van der Waals surface area contributed by atoms with Crippen molar-refractivity contribution in [3.05, 3.63) is 91.8 Å². The third kappa shape index (κ3) is 2.71. The minimum Gasteiger partial charge on any atom is -0.285 e. The molecule has 4 aromatic rings. The van der Waals surface area contributed by atoms with Crippen molar-refractivity contribution in [1.29, 1.82) is 0 Å². The third-order valence-electron chi connectivity index (χ3n) is 6.04. The molecule has 0 saturated heterocycles. The molecule has 0 aliphatic carbocycles. The van der Waals surface area contributed by atoms with Crippen LogP contribution < -0.4 is 11.1 Å². The summed E-state index contributed by atoms with van der Waals surface area (Å²) in [5.74, 6) is 0. The average molecular weight is 402 g/mol. The number of rotatable bonds is 3. The summed E-state index contributed by atoms with van der Waals surface area (Å²) >= 11 is 0. The first-order chi connectivity index (χ1) is 14.3. The van der Waals surface area contributed by atoms with Crippen LogP contribution in [-0.2, 0) is 14.1 Å². The molecule has 30 heavy (non-hydrogen) atoms. The van der Waals surface area contributed by atoms with Gasteiger partial charge in [0.25, 0.3) is 11.1 Å². The summed E-state index contributed by atoms with van der Waals surface area (Å²) in [6, 6.07) is 15.5. The van der Waals surface area contributed by atoms with Crippen LogP contribution in [0.5, 0.6) is 0 Å². The maximum Gasteiger partial charge on any atom is 0.279 e. The SMILES string of the molecule is Cc1ccccc1-n1c(=O)c(-c2c(C)n(C)n(-c3ccccc3C)c2=O)c(C)n1C. The number of nitrogens with zero attached hydrogens (tertiary/aromatic N) is 4. The van der Waals surface area contributed by atoms with E-state index < -0.39 is 0 Å². The first kappa shape index (κ1) is 19.8. The molecule has 154 valence electrons. The predicted molar refractivity (Wildman–Crippen MR) is 120 cm³/mol. The van der Waals surface area contributed by atoms with Gasteiger partial charge in [-0.25, -0.2) is 9.36 Å². The van der Waals surface area contributed by atoms with Gasteiger partial charge in [0.2, 0.25) is 0 Å². The van der Waals surface area contributed by atoms with Gasteiger partial charge in [0.05, 0.1) is 22.5 Å². The van der Waals surface area contributed by atoms with Crippen LogP contribution in [0.25, 0.3) is 22.5 Å². The molecule has 6 heteroatoms. The van der Waals surface area contributed by atoms with Gasteiger partial charge >= 0.3 is 0 Å². The second kappa shape index (κ2) is 7.06. The van der Waals surface area contributed by atoms with Gasteiger partial charge in [-0.15, -0.1) is 0 Å². The standard InChI is InChI=1S/C24H26N4O2/c1-15-11-7-9-13-19(15)27-23(29)21(17(3)25(27)5)22-18(4)26(6)28(24(22)30)20-14-10-8-12-16(20)2/h7-14H,1-6H3. The summed E-state index contributed by atoms with van der Waals surface area (Å²) < 4.78 is 6.93. The molecular formula is C24H26N4O2. The predicted octanol–water partition coefficient (Wildman–Crippen LogP) is 3.57. The first-order valence-electron chi connectivity index (χ1n) is 9.95. The van der Waals surface area contributed by atoms with Crippen molar-refractivity contribution in [1.82, 2.24) is 18.7 Å². The topological polar surface area (TPSA) is 53.9 Å². The Balaban J connectivity index is 2.05. The van der Waals surface area contributed by atoms with Gasteiger partial charge in [-0.1, -0.05) is 36.4 Å². The average Bonchev–Trinajstić information content (AvgIpc) is 3.06. The largest absolute Gasteiger partial charge is 0.285 e. The van der Waals surface area contributed by atoms with Crippen molar-refractivity contribution >= 4 is 0 Å². The van der Waals surface area contributed by atoms with Crippen molar-refractivity contribution in [2.24, 2.45) is 14.1 Å². The molecule has 0 bridgehead atoms. The van der Waals surface area contributed by atoms with Crippen LogP contribution in [0.1, 0.15) is 22.5 Å². The summed E-state index contributed by atoms with van der Waals surface area (Å²) in [6.45, 7) is 7.72. The highest BCUT2D eigenvalue weighted by Gasteiger charge is 2.26. The Morgan fingerprint density at radius 2 is 0.900 bits per heavy atom. The van der Waals surface area contributed by atoms with Crippen molar-refractivity contribution in [2.45, 2.75) is 27.7 Å². The normalized spacial score (nSPS) is 11.3. The molecule has 2 heterocycles. The summed E-state index contributed by atoms with van der Waals surface area (Å²) in [4.78, 5) is 27.2. The van der Waals surface area contributed by atoms with E-state index in [1.165, 1.54) is 0 Å². The van der Waals surface area contributed by atoms with Gasteiger partial charge in [0, 0.05) is 25.5 Å². The van der Waals surface area contributed by atoms with E-state index in [4.69, 9.17) is 0 Å². The molecule has 0 aliphatic heterocycles.